The molecule has 4 bridgehead atoms. The maximum Gasteiger partial charge on any atom is 0.312 e. The number of piperidine rings is 1. The smallest absolute Gasteiger partial charge is 0.312 e. The molecule has 9 atom stereocenters. The van der Waals surface area contributed by atoms with Gasteiger partial charge in [-0.2, -0.15) is 0 Å². The fourth-order valence-electron chi connectivity index (χ4n) is 9.25. The Morgan fingerprint density at radius 3 is 2.28 bits per heavy atom. The Kier molecular flexibility index (Phi) is 13.1. The molecule has 4 aliphatic rings. The minimum Gasteiger partial charge on any atom is -0.507 e. The van der Waals surface area contributed by atoms with Crippen LogP contribution in [0.2, 0.25) is 0 Å². The van der Waals surface area contributed by atoms with E-state index < -0.39 is 89.4 Å². The molecule has 0 aliphatic carbocycles. The predicted octanol–water partition coefficient (Wildman–Crippen LogP) is 4.34. The number of benzene rings is 2. The maximum atomic E-state index is 14.7. The normalized spacial score (nSPS) is 30.8. The first-order valence-corrected chi connectivity index (χ1v) is 21.3. The van der Waals surface area contributed by atoms with Crippen molar-refractivity contribution in [1.29, 1.82) is 0 Å². The summed E-state index contributed by atoms with van der Waals surface area (Å²) in [7, 11) is 0. The summed E-state index contributed by atoms with van der Waals surface area (Å²) in [5, 5.41) is 61.0. The molecule has 6 N–H and O–H groups in total. The van der Waals surface area contributed by atoms with E-state index in [1.807, 2.05) is 0 Å². The van der Waals surface area contributed by atoms with Crippen LogP contribution in [0.15, 0.2) is 46.1 Å². The molecule has 0 aromatic heterocycles. The first-order chi connectivity index (χ1) is 28.6. The second-order valence-electron chi connectivity index (χ2n) is 18.1. The number of amides is 1. The van der Waals surface area contributed by atoms with Gasteiger partial charge in [0.15, 0.2) is 5.75 Å². The number of aromatic hydroxyl groups is 2. The number of Topliss-reactive ketones (excluding diaryl/α,β-unsaturated/α-hetero) is 1. The summed E-state index contributed by atoms with van der Waals surface area (Å²) in [5.74, 6) is -7.49. The Labute approximate surface area is 356 Å². The Morgan fingerprint density at radius 2 is 1.66 bits per heavy atom. The fraction of sp³-hybridized carbons (Fsp3) is 0.587. The molecule has 2 aromatic rings. The van der Waals surface area contributed by atoms with Gasteiger partial charge in [-0.15, -0.1) is 0 Å². The number of fused-ring (bicyclic) bond motifs is 1. The third-order valence-corrected chi connectivity index (χ3v) is 13.1. The van der Waals surface area contributed by atoms with E-state index in [9.17, 15) is 39.9 Å². The van der Waals surface area contributed by atoms with Gasteiger partial charge >= 0.3 is 11.8 Å². The molecule has 1 spiro atoms. The van der Waals surface area contributed by atoms with Gasteiger partial charge in [-0.1, -0.05) is 59.8 Å². The van der Waals surface area contributed by atoms with Gasteiger partial charge < -0.3 is 50.0 Å². The number of phenols is 2. The summed E-state index contributed by atoms with van der Waals surface area (Å²) >= 11 is 0. The molecule has 1 saturated heterocycles. The maximum absolute atomic E-state index is 14.7. The van der Waals surface area contributed by atoms with Crippen molar-refractivity contribution in [2.45, 2.75) is 112 Å². The van der Waals surface area contributed by atoms with Crippen LogP contribution in [0.1, 0.15) is 91.1 Å². The number of hydrogen-bond donors (Lipinski definition) is 6. The lowest BCUT2D eigenvalue weighted by molar-refractivity contribution is -0.159. The van der Waals surface area contributed by atoms with Crippen molar-refractivity contribution < 1.29 is 54.1 Å². The molecular weight excluding hydrogens is 785 g/mol. The van der Waals surface area contributed by atoms with Crippen molar-refractivity contribution in [2.24, 2.45) is 45.5 Å². The van der Waals surface area contributed by atoms with Crippen molar-refractivity contribution in [2.75, 3.05) is 31.6 Å². The van der Waals surface area contributed by atoms with Crippen molar-refractivity contribution in [1.82, 2.24) is 4.90 Å². The molecule has 4 aliphatic heterocycles. The fourth-order valence-corrected chi connectivity index (χ4v) is 9.25. The number of carbonyl (C=O) groups excluding carboxylic acids is 3. The van der Waals surface area contributed by atoms with Crippen LogP contribution in [-0.2, 0) is 19.1 Å². The van der Waals surface area contributed by atoms with E-state index in [1.165, 1.54) is 32.3 Å². The lowest BCUT2D eigenvalue weighted by Gasteiger charge is -2.38. The molecule has 0 radical (unpaired) electrons. The number of nitrogens with one attached hydrogen (secondary N) is 1. The van der Waals surface area contributed by atoms with Crippen molar-refractivity contribution in [3.8, 4) is 17.2 Å². The van der Waals surface area contributed by atoms with Gasteiger partial charge in [0.25, 0.3) is 11.7 Å². The average Bonchev–Trinajstić information content (AvgIpc) is 3.71. The van der Waals surface area contributed by atoms with Gasteiger partial charge in [0.2, 0.25) is 0 Å². The Bertz CT molecular complexity index is 2300. The third-order valence-electron chi connectivity index (χ3n) is 13.1. The molecule has 332 valence electrons. The van der Waals surface area contributed by atoms with Gasteiger partial charge in [0.1, 0.15) is 34.0 Å². The number of carbonyl (C=O) groups is 3. The highest BCUT2D eigenvalue weighted by Gasteiger charge is 2.50. The van der Waals surface area contributed by atoms with Crippen LogP contribution in [0, 0.1) is 42.4 Å². The van der Waals surface area contributed by atoms with Crippen LogP contribution in [0.4, 0.5) is 5.69 Å². The third kappa shape index (κ3) is 8.54. The van der Waals surface area contributed by atoms with Gasteiger partial charge in [-0.25, -0.2) is 4.99 Å². The number of ketones is 1. The number of allylic oxidation sites excluding steroid dienone is 2. The summed E-state index contributed by atoms with van der Waals surface area (Å²) in [4.78, 5) is 52.8. The van der Waals surface area contributed by atoms with E-state index in [0.717, 1.165) is 6.54 Å². The first-order valence-electron chi connectivity index (χ1n) is 21.3. The minimum atomic E-state index is -1.98. The van der Waals surface area contributed by atoms with Gasteiger partial charge in [0.05, 0.1) is 35.1 Å². The molecule has 1 fully saturated rings. The van der Waals surface area contributed by atoms with E-state index >= 15 is 0 Å². The van der Waals surface area contributed by atoms with Crippen LogP contribution in [0.3, 0.4) is 0 Å². The van der Waals surface area contributed by atoms with Crippen LogP contribution >= 0.6 is 0 Å². The van der Waals surface area contributed by atoms with Crippen LogP contribution in [-0.4, -0.2) is 104 Å². The summed E-state index contributed by atoms with van der Waals surface area (Å²) in [6.07, 6.45) is 5.63. The zero-order chi connectivity index (χ0) is 44.9. The predicted molar refractivity (Wildman–Crippen MR) is 227 cm³/mol. The first kappa shape index (κ1) is 45.7. The molecule has 15 heteroatoms. The highest BCUT2D eigenvalue weighted by Crippen LogP contribution is 2.51. The van der Waals surface area contributed by atoms with Gasteiger partial charge in [-0.05, 0) is 25.8 Å². The van der Waals surface area contributed by atoms with E-state index in [1.54, 1.807) is 53.7 Å². The van der Waals surface area contributed by atoms with E-state index in [4.69, 9.17) is 19.2 Å². The summed E-state index contributed by atoms with van der Waals surface area (Å²) in [6.45, 7) is 19.0. The SMILES string of the molecule is CC(=O)O[C@@H]1[C@H](C)[C@@H](CO)C=CO[C@@]2(C)Oc3c(C)c(O)c4c(O)c(c5c(c4c3C2=O)NC2(CCN(CC(C)C)CC2)N=5)=NC(=O)C(C)=CC=C[C@H](C)[C@H](O)[C@@H](C)C(O)[C@H]1C. The molecule has 6 rings (SSSR count). The van der Waals surface area contributed by atoms with E-state index in [-0.39, 0.29) is 49.7 Å². The number of esters is 1. The Hall–Kier alpha value is -4.83. The highest BCUT2D eigenvalue weighted by atomic mass is 16.7. The number of ether oxygens (including phenoxy) is 3. The van der Waals surface area contributed by atoms with Crippen molar-refractivity contribution in [3.63, 3.8) is 0 Å². The average molecular weight is 847 g/mol. The number of nitrogens with zero attached hydrogens (tertiary/aromatic N) is 3. The molecule has 1 amide bonds. The topological polar surface area (TPSA) is 220 Å². The summed E-state index contributed by atoms with van der Waals surface area (Å²) in [5.41, 5.74) is -0.176. The highest BCUT2D eigenvalue weighted by molar-refractivity contribution is 6.21. The lowest BCUT2D eigenvalue weighted by Crippen LogP contribution is -2.47. The van der Waals surface area contributed by atoms with Crippen LogP contribution in [0.5, 0.6) is 17.2 Å². The number of aliphatic hydroxyl groups is 3. The number of likely N-dealkylation sites (tertiary alicyclic amines) is 1. The van der Waals surface area contributed by atoms with Crippen molar-refractivity contribution in [3.05, 3.63) is 58.0 Å². The molecule has 4 heterocycles. The van der Waals surface area contributed by atoms with Gasteiger partial charge in [0, 0.05) is 99.0 Å². The quantitative estimate of drug-likeness (QED) is 0.187. The molecule has 0 saturated carbocycles. The molecule has 61 heavy (non-hydrogen) atoms. The Balaban J connectivity index is 1.55. The number of anilines is 1. The molecule has 2 aromatic carbocycles. The number of phenolic OH excluding ortho intramolecular Hbond substituents is 2. The monoisotopic (exact) mass is 846 g/mol. The summed E-state index contributed by atoms with van der Waals surface area (Å²) in [6, 6.07) is 0. The molecule has 1 unspecified atom stereocenters. The standard InChI is InChI=1S/C46H62N4O11/c1-22(2)20-50-17-15-46(16-18-50)48-34-31-32-39(55)28(8)42-33(31)43(57)45(10,61-42)59-19-14-30(21-51)25(5)41(60-29(9)52)27(7)38(54)26(6)37(53)23(3)12-11-13-24(4)44(58)47-36(40(32)56)35(34)49-46/h11-14,19,22-23,25-27,30,37-38,41,48,51,53-56H,15-18,20-21H2,1-10H3/t23-,25+,26+,27+,30+,37-,38?,41+,45-/m0/s1. The number of rotatable bonds is 4. The summed E-state index contributed by atoms with van der Waals surface area (Å²) < 4.78 is 18.1. The number of aliphatic hydroxyl groups excluding tert-OH is 3. The van der Waals surface area contributed by atoms with E-state index in [2.05, 4.69) is 29.1 Å². The number of hydrogen-bond acceptors (Lipinski definition) is 14. The zero-order valence-electron chi connectivity index (χ0n) is 36.9. The Morgan fingerprint density at radius 1 is 0.984 bits per heavy atom. The molecule has 15 nitrogen and oxygen atoms in total. The minimum absolute atomic E-state index is 0.0357. The molecular formula is C46H62N4O11. The largest absolute Gasteiger partial charge is 0.507 e. The van der Waals surface area contributed by atoms with Crippen LogP contribution < -0.4 is 20.8 Å². The van der Waals surface area contributed by atoms with Crippen LogP contribution in [0.25, 0.3) is 10.8 Å². The zero-order valence-corrected chi connectivity index (χ0v) is 36.9. The second kappa shape index (κ2) is 17.5. The lowest BCUT2D eigenvalue weighted by atomic mass is 9.76. The second-order valence-corrected chi connectivity index (χ2v) is 18.1. The van der Waals surface area contributed by atoms with Crippen molar-refractivity contribution >= 4 is 34.1 Å². The van der Waals surface area contributed by atoms with E-state index in [0.29, 0.717) is 37.5 Å². The van der Waals surface area contributed by atoms with Gasteiger partial charge in [-0.3, -0.25) is 19.4 Å².